The van der Waals surface area contributed by atoms with Crippen molar-refractivity contribution in [2.45, 2.75) is 20.0 Å². The number of aliphatic hydroxyl groups is 1. The first kappa shape index (κ1) is 12.5. The Morgan fingerprint density at radius 2 is 2.00 bits per heavy atom. The molecular weight excluding hydrogens is 224 g/mol. The van der Waals surface area contributed by atoms with Gasteiger partial charge in [-0.2, -0.15) is 0 Å². The fourth-order valence-corrected chi connectivity index (χ4v) is 1.93. The van der Waals surface area contributed by atoms with Gasteiger partial charge >= 0.3 is 0 Å². The molecule has 1 atom stereocenters. The topological polar surface area (TPSA) is 29.5 Å². The number of benzene rings is 2. The van der Waals surface area contributed by atoms with E-state index in [9.17, 15) is 5.11 Å². The lowest BCUT2D eigenvalue weighted by atomic mass is 10.0. The Morgan fingerprint density at radius 3 is 2.72 bits per heavy atom. The lowest BCUT2D eigenvalue weighted by Crippen LogP contribution is -2.01. The molecule has 0 saturated heterocycles. The zero-order valence-corrected chi connectivity index (χ0v) is 10.6. The molecule has 2 nitrogen and oxygen atoms in total. The van der Waals surface area contributed by atoms with Gasteiger partial charge in [-0.15, -0.1) is 5.92 Å². The molecule has 0 saturated carbocycles. The van der Waals surface area contributed by atoms with Crippen molar-refractivity contribution in [1.82, 2.24) is 0 Å². The zero-order valence-electron chi connectivity index (χ0n) is 10.6. The van der Waals surface area contributed by atoms with Crippen LogP contribution < -0.4 is 4.74 Å². The number of hydrogen-bond donors (Lipinski definition) is 1. The maximum Gasteiger partial charge on any atom is 0.149 e. The molecule has 0 aliphatic heterocycles. The summed E-state index contributed by atoms with van der Waals surface area (Å²) in [7, 11) is 0. The van der Waals surface area contributed by atoms with Gasteiger partial charge in [-0.3, -0.25) is 0 Å². The Morgan fingerprint density at radius 1 is 1.22 bits per heavy atom. The Kier molecular flexibility index (Phi) is 3.86. The van der Waals surface area contributed by atoms with Crippen molar-refractivity contribution < 1.29 is 9.84 Å². The molecule has 0 amide bonds. The number of fused-ring (bicyclic) bond motifs is 1. The van der Waals surface area contributed by atoms with E-state index in [1.165, 1.54) is 0 Å². The van der Waals surface area contributed by atoms with Gasteiger partial charge in [-0.1, -0.05) is 42.3 Å². The summed E-state index contributed by atoms with van der Waals surface area (Å²) in [5, 5.41) is 11.9. The molecule has 18 heavy (non-hydrogen) atoms. The summed E-state index contributed by atoms with van der Waals surface area (Å²) in [5.74, 6) is 6.40. The average molecular weight is 240 g/mol. The van der Waals surface area contributed by atoms with Crippen molar-refractivity contribution in [1.29, 1.82) is 0 Å². The highest BCUT2D eigenvalue weighted by atomic mass is 16.5. The molecule has 0 aromatic heterocycles. The van der Waals surface area contributed by atoms with Gasteiger partial charge < -0.3 is 9.84 Å². The molecular formula is C16H16O2. The van der Waals surface area contributed by atoms with Gasteiger partial charge in [0.25, 0.3) is 0 Å². The highest BCUT2D eigenvalue weighted by molar-refractivity contribution is 5.89. The largest absolute Gasteiger partial charge is 0.480 e. The predicted molar refractivity (Wildman–Crippen MR) is 73.5 cm³/mol. The van der Waals surface area contributed by atoms with Gasteiger partial charge in [0.1, 0.15) is 12.4 Å². The highest BCUT2D eigenvalue weighted by Gasteiger charge is 2.12. The van der Waals surface area contributed by atoms with E-state index in [-0.39, 0.29) is 0 Å². The van der Waals surface area contributed by atoms with Crippen LogP contribution in [0.15, 0.2) is 36.4 Å². The van der Waals surface area contributed by atoms with E-state index in [0.29, 0.717) is 6.61 Å². The van der Waals surface area contributed by atoms with Crippen molar-refractivity contribution in [2.24, 2.45) is 0 Å². The smallest absolute Gasteiger partial charge is 0.149 e. The van der Waals surface area contributed by atoms with E-state index in [1.807, 2.05) is 36.4 Å². The predicted octanol–water partition coefficient (Wildman–Crippen LogP) is 3.30. The number of hydrogen-bond acceptors (Lipinski definition) is 2. The summed E-state index contributed by atoms with van der Waals surface area (Å²) < 4.78 is 5.72. The number of ether oxygens (including phenoxy) is 1. The fourth-order valence-electron chi connectivity index (χ4n) is 1.93. The van der Waals surface area contributed by atoms with Crippen LogP contribution in [-0.2, 0) is 0 Å². The molecule has 0 aliphatic carbocycles. The molecule has 2 aromatic rings. The van der Waals surface area contributed by atoms with E-state index in [4.69, 9.17) is 4.74 Å². The molecule has 0 unspecified atom stereocenters. The summed E-state index contributed by atoms with van der Waals surface area (Å²) in [5.41, 5.74) is 0.798. The molecule has 0 aliphatic rings. The third-order valence-electron chi connectivity index (χ3n) is 2.83. The Labute approximate surface area is 107 Å². The molecule has 1 N–H and O–H groups in total. The van der Waals surface area contributed by atoms with E-state index < -0.39 is 6.10 Å². The van der Waals surface area contributed by atoms with Gasteiger partial charge in [0.05, 0.1) is 6.10 Å². The van der Waals surface area contributed by atoms with Gasteiger partial charge in [-0.05, 0) is 19.2 Å². The van der Waals surface area contributed by atoms with Crippen molar-refractivity contribution >= 4 is 10.8 Å². The standard InChI is InChI=1S/C16H16O2/c1-3-4-11-18-16-14(12(2)17)10-9-13-7-5-6-8-15(13)16/h5-10,12,17H,11H2,1-2H3/t12-/m0/s1. The number of rotatable bonds is 3. The Balaban J connectivity index is 2.54. The quantitative estimate of drug-likeness (QED) is 0.834. The van der Waals surface area contributed by atoms with Crippen LogP contribution in [0.1, 0.15) is 25.5 Å². The molecule has 0 bridgehead atoms. The minimum atomic E-state index is -0.556. The molecule has 0 fully saturated rings. The van der Waals surface area contributed by atoms with E-state index in [0.717, 1.165) is 22.1 Å². The van der Waals surface area contributed by atoms with Crippen molar-refractivity contribution in [3.63, 3.8) is 0 Å². The second-order valence-electron chi connectivity index (χ2n) is 4.10. The third-order valence-corrected chi connectivity index (χ3v) is 2.83. The van der Waals surface area contributed by atoms with Crippen molar-refractivity contribution in [3.8, 4) is 17.6 Å². The van der Waals surface area contributed by atoms with Crippen LogP contribution in [0.25, 0.3) is 10.8 Å². The van der Waals surface area contributed by atoms with Crippen LogP contribution in [0.5, 0.6) is 5.75 Å². The second-order valence-corrected chi connectivity index (χ2v) is 4.10. The van der Waals surface area contributed by atoms with Crippen molar-refractivity contribution in [2.75, 3.05) is 6.61 Å². The number of aliphatic hydroxyl groups excluding tert-OH is 1. The van der Waals surface area contributed by atoms with E-state index >= 15 is 0 Å². The maximum atomic E-state index is 9.80. The summed E-state index contributed by atoms with van der Waals surface area (Å²) in [6.45, 7) is 3.86. The molecule has 2 rings (SSSR count). The maximum absolute atomic E-state index is 9.80. The summed E-state index contributed by atoms with van der Waals surface area (Å²) in [6, 6.07) is 11.9. The van der Waals surface area contributed by atoms with Crippen LogP contribution in [0.4, 0.5) is 0 Å². The van der Waals surface area contributed by atoms with E-state index in [1.54, 1.807) is 13.8 Å². The van der Waals surface area contributed by atoms with Crippen LogP contribution in [-0.4, -0.2) is 11.7 Å². The minimum absolute atomic E-state index is 0.338. The first-order valence-corrected chi connectivity index (χ1v) is 5.96. The molecule has 2 heteroatoms. The summed E-state index contributed by atoms with van der Waals surface area (Å²) in [6.07, 6.45) is -0.556. The third kappa shape index (κ3) is 2.47. The monoisotopic (exact) mass is 240 g/mol. The first-order valence-electron chi connectivity index (χ1n) is 5.96. The Hall–Kier alpha value is -1.98. The fraction of sp³-hybridized carbons (Fsp3) is 0.250. The van der Waals surface area contributed by atoms with Crippen LogP contribution in [0, 0.1) is 11.8 Å². The van der Waals surface area contributed by atoms with Gasteiger partial charge in [0.15, 0.2) is 0 Å². The van der Waals surface area contributed by atoms with Gasteiger partial charge in [0, 0.05) is 10.9 Å². The first-order chi connectivity index (χ1) is 8.74. The minimum Gasteiger partial charge on any atom is -0.480 e. The van der Waals surface area contributed by atoms with Gasteiger partial charge in [0.2, 0.25) is 0 Å². The molecule has 0 spiro atoms. The molecule has 0 radical (unpaired) electrons. The normalized spacial score (nSPS) is 11.7. The Bertz CT molecular complexity index is 603. The lowest BCUT2D eigenvalue weighted by molar-refractivity contribution is 0.193. The molecule has 92 valence electrons. The highest BCUT2D eigenvalue weighted by Crippen LogP contribution is 2.33. The zero-order chi connectivity index (χ0) is 13.0. The second kappa shape index (κ2) is 5.57. The van der Waals surface area contributed by atoms with Crippen LogP contribution in [0.3, 0.4) is 0 Å². The SMILES string of the molecule is CC#CCOc1c([C@H](C)O)ccc2ccccc12. The van der Waals surface area contributed by atoms with Crippen LogP contribution in [0.2, 0.25) is 0 Å². The molecule has 0 heterocycles. The average Bonchev–Trinajstić information content (AvgIpc) is 2.38. The van der Waals surface area contributed by atoms with Crippen molar-refractivity contribution in [3.05, 3.63) is 42.0 Å². The lowest BCUT2D eigenvalue weighted by Gasteiger charge is -2.14. The molecule has 2 aromatic carbocycles. The van der Waals surface area contributed by atoms with E-state index in [2.05, 4.69) is 11.8 Å². The summed E-state index contributed by atoms with van der Waals surface area (Å²) in [4.78, 5) is 0. The summed E-state index contributed by atoms with van der Waals surface area (Å²) >= 11 is 0. The van der Waals surface area contributed by atoms with Gasteiger partial charge in [-0.25, -0.2) is 0 Å². The van der Waals surface area contributed by atoms with Crippen LogP contribution >= 0.6 is 0 Å².